The number of anilines is 1. The van der Waals surface area contributed by atoms with Crippen molar-refractivity contribution in [2.75, 3.05) is 38.1 Å². The number of ether oxygens (including phenoxy) is 1. The monoisotopic (exact) mass is 754 g/mol. The molecule has 2 aromatic carbocycles. The van der Waals surface area contributed by atoms with E-state index in [1.165, 1.54) is 0 Å². The van der Waals surface area contributed by atoms with Crippen molar-refractivity contribution in [1.29, 1.82) is 0 Å². The Bertz CT molecular complexity index is 1940. The Morgan fingerprint density at radius 1 is 1.02 bits per heavy atom. The molecule has 3 aromatic rings. The van der Waals surface area contributed by atoms with E-state index in [0.717, 1.165) is 23.1 Å². The third-order valence-electron chi connectivity index (χ3n) is 9.79. The van der Waals surface area contributed by atoms with Crippen LogP contribution >= 0.6 is 0 Å². The molecule has 5 N–H and O–H groups in total. The number of furan rings is 1. The van der Waals surface area contributed by atoms with Gasteiger partial charge in [-0.3, -0.25) is 9.59 Å². The number of nitrogens with one attached hydrogen (secondary N) is 2. The molecule has 11 nitrogen and oxygen atoms in total. The molecule has 0 radical (unpaired) electrons. The van der Waals surface area contributed by atoms with Gasteiger partial charge in [0.25, 0.3) is 5.91 Å². The fourth-order valence-electron chi connectivity index (χ4n) is 7.24. The van der Waals surface area contributed by atoms with Crippen molar-refractivity contribution in [3.8, 4) is 0 Å². The average molecular weight is 755 g/mol. The summed E-state index contributed by atoms with van der Waals surface area (Å²) in [6, 6.07) is 7.88. The van der Waals surface area contributed by atoms with E-state index in [4.69, 9.17) is 20.0 Å². The van der Waals surface area contributed by atoms with Gasteiger partial charge in [-0.1, -0.05) is 18.2 Å². The summed E-state index contributed by atoms with van der Waals surface area (Å²) in [6.07, 6.45) is -9.82. The summed E-state index contributed by atoms with van der Waals surface area (Å²) < 4.78 is 110. The maximum Gasteiger partial charge on any atom is 0.449 e. The van der Waals surface area contributed by atoms with Crippen molar-refractivity contribution < 1.29 is 63.9 Å². The number of urea groups is 1. The molecule has 4 heterocycles. The minimum Gasteiger partial charge on any atom is -0.481 e. The summed E-state index contributed by atoms with van der Waals surface area (Å²) in [4.78, 5) is 41.2. The lowest BCUT2D eigenvalue weighted by molar-refractivity contribution is -0.846. The molecular weight excluding hydrogens is 719 g/mol. The van der Waals surface area contributed by atoms with Gasteiger partial charge in [0.1, 0.15) is 30.1 Å². The molecule has 2 unspecified atom stereocenters. The summed E-state index contributed by atoms with van der Waals surface area (Å²) in [5, 5.41) is 15.0. The van der Waals surface area contributed by atoms with Gasteiger partial charge in [0, 0.05) is 18.3 Å². The van der Waals surface area contributed by atoms with Gasteiger partial charge in [-0.2, -0.15) is 30.8 Å². The van der Waals surface area contributed by atoms with Gasteiger partial charge >= 0.3 is 24.4 Å². The number of halogens is 7. The predicted octanol–water partition coefficient (Wildman–Crippen LogP) is 5.93. The zero-order valence-electron chi connectivity index (χ0n) is 28.0. The molecule has 6 rings (SSSR count). The number of carboxylic acids is 1. The number of alkyl halides is 6. The molecule has 0 saturated carbocycles. The number of rotatable bonds is 11. The maximum atomic E-state index is 15.6. The van der Waals surface area contributed by atoms with Gasteiger partial charge in [-0.05, 0) is 67.9 Å². The van der Waals surface area contributed by atoms with Gasteiger partial charge in [-0.25, -0.2) is 14.1 Å². The number of hydrogen-bond donors (Lipinski definition) is 4. The van der Waals surface area contributed by atoms with Gasteiger partial charge in [-0.15, -0.1) is 0 Å². The minimum atomic E-state index is -5.10. The number of aliphatic carboxylic acids is 1. The molecule has 1 fully saturated rings. The molecule has 284 valence electrons. The van der Waals surface area contributed by atoms with Gasteiger partial charge in [0.2, 0.25) is 5.76 Å². The Morgan fingerprint density at radius 3 is 2.40 bits per heavy atom. The van der Waals surface area contributed by atoms with Crippen LogP contribution in [0.4, 0.5) is 41.2 Å². The summed E-state index contributed by atoms with van der Waals surface area (Å²) in [6.45, 7) is -2.12. The van der Waals surface area contributed by atoms with Crippen LogP contribution in [0.2, 0.25) is 0 Å². The Hall–Kier alpha value is -4.78. The molecule has 0 aliphatic carbocycles. The molecule has 18 heteroatoms. The minimum absolute atomic E-state index is 0.0533. The Morgan fingerprint density at radius 2 is 1.74 bits per heavy atom. The summed E-state index contributed by atoms with van der Waals surface area (Å²) in [7, 11) is 0. The van der Waals surface area contributed by atoms with Crippen LogP contribution in [-0.2, 0) is 39.8 Å². The summed E-state index contributed by atoms with van der Waals surface area (Å²) >= 11 is 0. The number of nitrogens with zero attached hydrogens (tertiary/aromatic N) is 2. The van der Waals surface area contributed by atoms with Crippen molar-refractivity contribution in [3.63, 3.8) is 0 Å². The standard InChI is InChI=1S/C35H34F7N5O6/c36-25-6-2-5-24(34(37,38)39)23(25)18-47(17-22-7-8-28(53-22)35(40,41)42)27-19-52-33(10-13-44-14-11-33)30(27)31(50)46(32(47)51)16-26(43)20-3-1-4-21(15-20)45-12-9-29(48)49/h1-8,15,26,44-45H,9-14,16-19,43H2/p+1. The zero-order valence-corrected chi connectivity index (χ0v) is 28.0. The highest BCUT2D eigenvalue weighted by Crippen LogP contribution is 2.49. The highest BCUT2D eigenvalue weighted by Gasteiger charge is 2.63. The van der Waals surface area contributed by atoms with Crippen LogP contribution in [0.15, 0.2) is 70.3 Å². The van der Waals surface area contributed by atoms with E-state index >= 15 is 4.39 Å². The number of carbonyl (C=O) groups is 3. The number of nitrogens with two attached hydrogens (primary N) is 1. The van der Waals surface area contributed by atoms with Crippen LogP contribution in [0.3, 0.4) is 0 Å². The molecule has 1 spiro atoms. The second-order valence-corrected chi connectivity index (χ2v) is 13.2. The second kappa shape index (κ2) is 14.2. The molecule has 2 atom stereocenters. The fourth-order valence-corrected chi connectivity index (χ4v) is 7.24. The first kappa shape index (κ1) is 38.0. The first-order valence-electron chi connectivity index (χ1n) is 16.6. The number of amides is 3. The fraction of sp³-hybridized carbons (Fsp3) is 0.400. The lowest BCUT2D eigenvalue weighted by Gasteiger charge is -2.44. The molecular formula is C35H35F7N5O6+. The highest BCUT2D eigenvalue weighted by molar-refractivity contribution is 6.06. The number of quaternary nitrogens is 1. The van der Waals surface area contributed by atoms with Crippen molar-refractivity contribution in [2.45, 2.75) is 56.3 Å². The SMILES string of the molecule is NC(CN1C(=O)C2=C(COC23CCNCC3)[N+](Cc2ccc(C(F)(F)F)o2)(Cc2c(F)cccc2C(F)(F)F)C1=O)c1cccc(NCCC(=O)O)c1. The summed E-state index contributed by atoms with van der Waals surface area (Å²) in [5.41, 5.74) is 3.58. The molecule has 1 aromatic heterocycles. The van der Waals surface area contributed by atoms with Crippen molar-refractivity contribution in [2.24, 2.45) is 5.73 Å². The predicted molar refractivity (Wildman–Crippen MR) is 172 cm³/mol. The van der Waals surface area contributed by atoms with E-state index in [2.05, 4.69) is 10.6 Å². The number of carbonyl (C=O) groups excluding carboxylic acids is 2. The number of imide groups is 1. The van der Waals surface area contributed by atoms with E-state index < -0.39 is 101 Å². The van der Waals surface area contributed by atoms with Crippen molar-refractivity contribution >= 4 is 23.6 Å². The highest BCUT2D eigenvalue weighted by atomic mass is 19.4. The van der Waals surface area contributed by atoms with Crippen molar-refractivity contribution in [1.82, 2.24) is 10.2 Å². The Balaban J connectivity index is 1.50. The van der Waals surface area contributed by atoms with E-state index in [1.54, 1.807) is 24.3 Å². The van der Waals surface area contributed by atoms with Crippen LogP contribution < -0.4 is 16.4 Å². The number of carboxylic acid groups (broad SMARTS) is 1. The van der Waals surface area contributed by atoms with Gasteiger partial charge < -0.3 is 30.6 Å². The smallest absolute Gasteiger partial charge is 0.449 e. The number of benzene rings is 2. The number of piperidine rings is 1. The number of fused-ring (bicyclic) bond motifs is 1. The van der Waals surface area contributed by atoms with Crippen molar-refractivity contribution in [3.05, 3.63) is 99.9 Å². The van der Waals surface area contributed by atoms with Crippen LogP contribution in [0, 0.1) is 5.82 Å². The zero-order chi connectivity index (χ0) is 38.3. The molecule has 1 saturated heterocycles. The van der Waals surface area contributed by atoms with E-state index in [9.17, 15) is 40.7 Å². The van der Waals surface area contributed by atoms with E-state index in [1.807, 2.05) is 0 Å². The Kier molecular flexibility index (Phi) is 10.2. The largest absolute Gasteiger partial charge is 0.481 e. The van der Waals surface area contributed by atoms with Gasteiger partial charge in [0.15, 0.2) is 18.0 Å². The second-order valence-electron chi connectivity index (χ2n) is 13.2. The topological polar surface area (TPSA) is 147 Å². The third kappa shape index (κ3) is 7.40. The quantitative estimate of drug-likeness (QED) is 0.138. The summed E-state index contributed by atoms with van der Waals surface area (Å²) in [5.74, 6) is -5.11. The molecule has 3 aliphatic heterocycles. The molecule has 3 aliphatic rings. The average Bonchev–Trinajstić information content (AvgIpc) is 3.72. The van der Waals surface area contributed by atoms with E-state index in [-0.39, 0.29) is 37.1 Å². The normalized spacial score (nSPS) is 20.9. The van der Waals surface area contributed by atoms with Crippen LogP contribution in [-0.4, -0.2) is 70.8 Å². The molecule has 3 amide bonds. The lowest BCUT2D eigenvalue weighted by Crippen LogP contribution is -2.64. The molecule has 0 bridgehead atoms. The van der Waals surface area contributed by atoms with E-state index in [0.29, 0.717) is 36.5 Å². The van der Waals surface area contributed by atoms with Crippen LogP contribution in [0.1, 0.15) is 53.5 Å². The van der Waals surface area contributed by atoms with Gasteiger partial charge in [0.05, 0.1) is 24.1 Å². The first-order chi connectivity index (χ1) is 24.9. The van der Waals surface area contributed by atoms with Crippen LogP contribution in [0.5, 0.6) is 0 Å². The maximum absolute atomic E-state index is 15.6. The lowest BCUT2D eigenvalue weighted by atomic mass is 9.82. The Labute approximate surface area is 297 Å². The molecule has 53 heavy (non-hydrogen) atoms. The van der Waals surface area contributed by atoms with Crippen LogP contribution in [0.25, 0.3) is 0 Å². The third-order valence-corrected chi connectivity index (χ3v) is 9.79. The number of hydrogen-bond acceptors (Lipinski definition) is 8. The first-order valence-corrected chi connectivity index (χ1v) is 16.6.